The van der Waals surface area contributed by atoms with Crippen LogP contribution in [0.4, 0.5) is 5.69 Å². The summed E-state index contributed by atoms with van der Waals surface area (Å²) in [5.41, 5.74) is 0.936. The average molecular weight is 591 g/mol. The maximum atomic E-state index is 14.0. The Kier molecular flexibility index (Phi) is 9.69. The van der Waals surface area contributed by atoms with Crippen molar-refractivity contribution in [1.29, 1.82) is 0 Å². The van der Waals surface area contributed by atoms with Crippen molar-refractivity contribution in [1.82, 2.24) is 10.2 Å². The zero-order chi connectivity index (χ0) is 29.0. The van der Waals surface area contributed by atoms with Crippen molar-refractivity contribution in [2.24, 2.45) is 0 Å². The van der Waals surface area contributed by atoms with Crippen molar-refractivity contribution in [3.63, 3.8) is 0 Å². The molecular weight excluding hydrogens is 557 g/mol. The maximum absolute atomic E-state index is 14.0. The Morgan fingerprint density at radius 1 is 0.897 bits per heavy atom. The van der Waals surface area contributed by atoms with Crippen LogP contribution in [-0.4, -0.2) is 43.3 Å². The van der Waals surface area contributed by atoms with E-state index in [1.165, 1.54) is 17.0 Å². The van der Waals surface area contributed by atoms with Gasteiger partial charge in [-0.05, 0) is 70.5 Å². The molecule has 0 fully saturated rings. The van der Waals surface area contributed by atoms with E-state index >= 15 is 0 Å². The minimum Gasteiger partial charge on any atom is -0.350 e. The molecule has 0 unspecified atom stereocenters. The number of hydrogen-bond donors (Lipinski definition) is 1. The molecule has 3 aromatic rings. The molecule has 7 nitrogen and oxygen atoms in total. The van der Waals surface area contributed by atoms with Crippen LogP contribution in [0, 0.1) is 6.92 Å². The van der Waals surface area contributed by atoms with E-state index in [1.807, 2.05) is 20.8 Å². The first-order valence-electron chi connectivity index (χ1n) is 12.4. The number of nitrogens with zero attached hydrogens (tertiary/aromatic N) is 2. The standard InChI is InChI=1S/C29H33Cl2N3O4S/c1-20-12-9-10-17-26(20)34(39(37,38)22-13-7-6-8-14-22)19-27(35)33(21(2)28(36)32-29(3,4)5)18-23-24(30)15-11-16-25(23)31/h6-17,21H,18-19H2,1-5H3,(H,32,36)/t21-/m1/s1. The van der Waals surface area contributed by atoms with Gasteiger partial charge >= 0.3 is 0 Å². The summed E-state index contributed by atoms with van der Waals surface area (Å²) in [5, 5.41) is 3.55. The Morgan fingerprint density at radius 3 is 2.03 bits per heavy atom. The van der Waals surface area contributed by atoms with Crippen molar-refractivity contribution >= 4 is 50.7 Å². The molecule has 0 aliphatic heterocycles. The molecule has 1 N–H and O–H groups in total. The van der Waals surface area contributed by atoms with Gasteiger partial charge in [0.15, 0.2) is 0 Å². The van der Waals surface area contributed by atoms with Gasteiger partial charge in [-0.2, -0.15) is 0 Å². The summed E-state index contributed by atoms with van der Waals surface area (Å²) in [6, 6.07) is 18.8. The van der Waals surface area contributed by atoms with Gasteiger partial charge in [-0.25, -0.2) is 8.42 Å². The summed E-state index contributed by atoms with van der Waals surface area (Å²) in [6.45, 7) is 8.23. The number of amides is 2. The molecule has 0 aromatic heterocycles. The van der Waals surface area contributed by atoms with Gasteiger partial charge in [-0.1, -0.05) is 65.7 Å². The van der Waals surface area contributed by atoms with Crippen LogP contribution in [-0.2, 0) is 26.2 Å². The fraction of sp³-hybridized carbons (Fsp3) is 0.310. The first-order chi connectivity index (χ1) is 18.2. The highest BCUT2D eigenvalue weighted by atomic mass is 35.5. The number of benzene rings is 3. The third-order valence-electron chi connectivity index (χ3n) is 6.05. The Balaban J connectivity index is 2.08. The highest BCUT2D eigenvalue weighted by Crippen LogP contribution is 2.29. The molecule has 0 heterocycles. The number of carbonyl (C=O) groups excluding carboxylic acids is 2. The van der Waals surface area contributed by atoms with Gasteiger partial charge in [0.25, 0.3) is 10.0 Å². The minimum absolute atomic E-state index is 0.0419. The monoisotopic (exact) mass is 589 g/mol. The lowest BCUT2D eigenvalue weighted by molar-refractivity contribution is -0.140. The Morgan fingerprint density at radius 2 is 1.46 bits per heavy atom. The van der Waals surface area contributed by atoms with Crippen molar-refractivity contribution in [3.05, 3.63) is 94.0 Å². The molecule has 0 saturated carbocycles. The van der Waals surface area contributed by atoms with E-state index in [4.69, 9.17) is 23.2 Å². The van der Waals surface area contributed by atoms with Gasteiger partial charge in [0.2, 0.25) is 11.8 Å². The first kappa shape index (κ1) is 30.5. The average Bonchev–Trinajstić information content (AvgIpc) is 2.86. The van der Waals surface area contributed by atoms with Gasteiger partial charge < -0.3 is 10.2 Å². The zero-order valence-electron chi connectivity index (χ0n) is 22.6. The van der Waals surface area contributed by atoms with E-state index in [0.29, 0.717) is 26.9 Å². The molecule has 208 valence electrons. The second-order valence-electron chi connectivity index (χ2n) is 10.2. The van der Waals surface area contributed by atoms with Crippen LogP contribution in [0.5, 0.6) is 0 Å². The third-order valence-corrected chi connectivity index (χ3v) is 8.53. The second-order valence-corrected chi connectivity index (χ2v) is 12.9. The number of hydrogen-bond acceptors (Lipinski definition) is 4. The number of rotatable bonds is 9. The molecule has 0 saturated heterocycles. The zero-order valence-corrected chi connectivity index (χ0v) is 24.9. The predicted octanol–water partition coefficient (Wildman–Crippen LogP) is 5.83. The molecule has 39 heavy (non-hydrogen) atoms. The van der Waals surface area contributed by atoms with Crippen LogP contribution in [0.2, 0.25) is 10.0 Å². The van der Waals surface area contributed by atoms with Crippen molar-refractivity contribution in [2.45, 2.75) is 57.6 Å². The van der Waals surface area contributed by atoms with E-state index in [-0.39, 0.29) is 11.4 Å². The normalized spacial score (nSPS) is 12.5. The van der Waals surface area contributed by atoms with Crippen LogP contribution in [0.3, 0.4) is 0 Å². The summed E-state index contributed by atoms with van der Waals surface area (Å²) in [4.78, 5) is 28.5. The van der Waals surface area contributed by atoms with Crippen molar-refractivity contribution in [3.8, 4) is 0 Å². The predicted molar refractivity (Wildman–Crippen MR) is 157 cm³/mol. The lowest BCUT2D eigenvalue weighted by Crippen LogP contribution is -2.54. The number of halogens is 2. The van der Waals surface area contributed by atoms with Crippen molar-refractivity contribution in [2.75, 3.05) is 10.8 Å². The number of nitrogens with one attached hydrogen (secondary N) is 1. The summed E-state index contributed by atoms with van der Waals surface area (Å²) in [5.74, 6) is -0.988. The Labute approximate surface area is 240 Å². The second kappa shape index (κ2) is 12.4. The van der Waals surface area contributed by atoms with E-state index in [9.17, 15) is 18.0 Å². The fourth-order valence-corrected chi connectivity index (χ4v) is 6.00. The lowest BCUT2D eigenvalue weighted by atomic mass is 10.1. The smallest absolute Gasteiger partial charge is 0.264 e. The molecule has 10 heteroatoms. The molecule has 0 radical (unpaired) electrons. The third kappa shape index (κ3) is 7.53. The number of anilines is 1. The molecule has 0 bridgehead atoms. The minimum atomic E-state index is -4.14. The molecule has 0 spiro atoms. The van der Waals surface area contributed by atoms with Crippen LogP contribution >= 0.6 is 23.2 Å². The summed E-state index contributed by atoms with van der Waals surface area (Å²) in [6.07, 6.45) is 0. The largest absolute Gasteiger partial charge is 0.350 e. The van der Waals surface area contributed by atoms with Gasteiger partial charge in [0.05, 0.1) is 10.6 Å². The molecule has 0 aliphatic rings. The Bertz CT molecular complexity index is 1420. The van der Waals surface area contributed by atoms with E-state index in [1.54, 1.807) is 74.5 Å². The van der Waals surface area contributed by atoms with E-state index < -0.39 is 40.0 Å². The van der Waals surface area contributed by atoms with Crippen LogP contribution in [0.15, 0.2) is 77.7 Å². The quantitative estimate of drug-likeness (QED) is 0.340. The van der Waals surface area contributed by atoms with Crippen LogP contribution in [0.1, 0.15) is 38.8 Å². The SMILES string of the molecule is Cc1ccccc1N(CC(=O)N(Cc1c(Cl)cccc1Cl)[C@H](C)C(=O)NC(C)(C)C)S(=O)(=O)c1ccccc1. The maximum Gasteiger partial charge on any atom is 0.264 e. The first-order valence-corrected chi connectivity index (χ1v) is 14.6. The molecule has 1 atom stereocenters. The van der Waals surface area contributed by atoms with Crippen molar-refractivity contribution < 1.29 is 18.0 Å². The molecule has 2 amide bonds. The molecule has 3 rings (SSSR count). The summed E-state index contributed by atoms with van der Waals surface area (Å²) < 4.78 is 28.7. The highest BCUT2D eigenvalue weighted by molar-refractivity contribution is 7.92. The van der Waals surface area contributed by atoms with Crippen LogP contribution in [0.25, 0.3) is 0 Å². The molecular formula is C29H33Cl2N3O4S. The van der Waals surface area contributed by atoms with Crippen LogP contribution < -0.4 is 9.62 Å². The number of carbonyl (C=O) groups is 2. The van der Waals surface area contributed by atoms with E-state index in [2.05, 4.69) is 5.32 Å². The molecule has 3 aromatic carbocycles. The Hall–Kier alpha value is -3.07. The summed E-state index contributed by atoms with van der Waals surface area (Å²) in [7, 11) is -4.14. The van der Waals surface area contributed by atoms with Gasteiger partial charge in [-0.15, -0.1) is 0 Å². The lowest BCUT2D eigenvalue weighted by Gasteiger charge is -2.34. The highest BCUT2D eigenvalue weighted by Gasteiger charge is 2.34. The van der Waals surface area contributed by atoms with Gasteiger partial charge in [0, 0.05) is 27.7 Å². The number of aryl methyl sites for hydroxylation is 1. The number of sulfonamides is 1. The summed E-state index contributed by atoms with van der Waals surface area (Å²) >= 11 is 12.8. The topological polar surface area (TPSA) is 86.8 Å². The number of para-hydroxylation sites is 1. The molecule has 0 aliphatic carbocycles. The van der Waals surface area contributed by atoms with Gasteiger partial charge in [0.1, 0.15) is 12.6 Å². The fourth-order valence-electron chi connectivity index (χ4n) is 3.99. The van der Waals surface area contributed by atoms with Gasteiger partial charge in [-0.3, -0.25) is 13.9 Å². The van der Waals surface area contributed by atoms with E-state index in [0.717, 1.165) is 4.31 Å².